The van der Waals surface area contributed by atoms with Crippen molar-refractivity contribution >= 4 is 29.1 Å². The fourth-order valence-electron chi connectivity index (χ4n) is 3.00. The van der Waals surface area contributed by atoms with Gasteiger partial charge in [0.1, 0.15) is 10.4 Å². The Morgan fingerprint density at radius 2 is 1.71 bits per heavy atom. The number of carbonyl (C=O) groups excluding carboxylic acids is 1. The van der Waals surface area contributed by atoms with Gasteiger partial charge in [-0.05, 0) is 18.6 Å². The smallest absolute Gasteiger partial charge is 0.228 e. The van der Waals surface area contributed by atoms with Gasteiger partial charge >= 0.3 is 0 Å². The lowest BCUT2D eigenvalue weighted by Crippen LogP contribution is -2.43. The Balaban J connectivity index is 1.59. The van der Waals surface area contributed by atoms with E-state index in [1.807, 2.05) is 23.1 Å². The summed E-state index contributed by atoms with van der Waals surface area (Å²) in [7, 11) is 3.20. The van der Waals surface area contributed by atoms with E-state index in [-0.39, 0.29) is 17.9 Å². The summed E-state index contributed by atoms with van der Waals surface area (Å²) in [6, 6.07) is 5.53. The number of piperidine rings is 1. The number of hydrogen-bond acceptors (Lipinski definition) is 4. The molecule has 0 N–H and O–H groups in total. The molecule has 2 fully saturated rings. The molecule has 1 aromatic carbocycles. The van der Waals surface area contributed by atoms with Gasteiger partial charge in [0.2, 0.25) is 11.7 Å². The Kier molecular flexibility index (Phi) is 5.02. The SMILES string of the molecule is COc1cccc(OC)c1OC1CCN(C(=O)C2CC2(Cl)Cl)CC1. The fourth-order valence-corrected chi connectivity index (χ4v) is 3.49. The van der Waals surface area contributed by atoms with E-state index in [0.29, 0.717) is 36.8 Å². The number of hydrogen-bond donors (Lipinski definition) is 0. The maximum absolute atomic E-state index is 12.3. The van der Waals surface area contributed by atoms with Gasteiger partial charge in [0.15, 0.2) is 11.5 Å². The second kappa shape index (κ2) is 6.89. The minimum Gasteiger partial charge on any atom is -0.493 e. The van der Waals surface area contributed by atoms with Crippen LogP contribution < -0.4 is 14.2 Å². The molecule has 1 aliphatic carbocycles. The van der Waals surface area contributed by atoms with Gasteiger partial charge in [0, 0.05) is 25.9 Å². The minimum absolute atomic E-state index is 0.00946. The van der Waals surface area contributed by atoms with Gasteiger partial charge in [-0.25, -0.2) is 0 Å². The standard InChI is InChI=1S/C17H21Cl2NO4/c1-22-13-4-3-5-14(23-2)15(13)24-11-6-8-20(9-7-11)16(21)12-10-17(12,18)19/h3-5,11-12H,6-10H2,1-2H3. The third-order valence-corrected chi connectivity index (χ3v) is 5.38. The van der Waals surface area contributed by atoms with Gasteiger partial charge in [-0.1, -0.05) is 6.07 Å². The van der Waals surface area contributed by atoms with E-state index < -0.39 is 4.33 Å². The van der Waals surface area contributed by atoms with Crippen LogP contribution in [-0.2, 0) is 4.79 Å². The van der Waals surface area contributed by atoms with E-state index >= 15 is 0 Å². The van der Waals surface area contributed by atoms with Gasteiger partial charge in [-0.15, -0.1) is 23.2 Å². The first kappa shape index (κ1) is 17.5. The molecule has 0 aromatic heterocycles. The van der Waals surface area contributed by atoms with Gasteiger partial charge in [-0.2, -0.15) is 0 Å². The summed E-state index contributed by atoms with van der Waals surface area (Å²) in [5.74, 6) is 1.68. The molecule has 5 nitrogen and oxygen atoms in total. The van der Waals surface area contributed by atoms with E-state index in [4.69, 9.17) is 37.4 Å². The molecule has 1 heterocycles. The van der Waals surface area contributed by atoms with E-state index in [1.54, 1.807) is 14.2 Å². The number of ether oxygens (including phenoxy) is 3. The monoisotopic (exact) mass is 373 g/mol. The van der Waals surface area contributed by atoms with Crippen LogP contribution in [0, 0.1) is 5.92 Å². The Hall–Kier alpha value is -1.33. The van der Waals surface area contributed by atoms with Crippen LogP contribution in [0.4, 0.5) is 0 Å². The molecule has 2 aliphatic rings. The summed E-state index contributed by atoms with van der Waals surface area (Å²) >= 11 is 12.0. The fraction of sp³-hybridized carbons (Fsp3) is 0.588. The molecule has 3 rings (SSSR count). The van der Waals surface area contributed by atoms with Crippen LogP contribution in [0.5, 0.6) is 17.2 Å². The molecular weight excluding hydrogens is 353 g/mol. The van der Waals surface area contributed by atoms with Crippen molar-refractivity contribution in [3.05, 3.63) is 18.2 Å². The molecule has 1 aromatic rings. The van der Waals surface area contributed by atoms with Gasteiger partial charge in [0.25, 0.3) is 0 Å². The first-order valence-corrected chi connectivity index (χ1v) is 8.76. The van der Waals surface area contributed by atoms with Crippen LogP contribution in [0.15, 0.2) is 18.2 Å². The number of benzene rings is 1. The maximum Gasteiger partial charge on any atom is 0.228 e. The van der Waals surface area contributed by atoms with Crippen LogP contribution in [0.3, 0.4) is 0 Å². The highest BCUT2D eigenvalue weighted by molar-refractivity contribution is 6.52. The Morgan fingerprint density at radius 1 is 1.17 bits per heavy atom. The number of alkyl halides is 2. The number of amides is 1. The molecule has 0 bridgehead atoms. The van der Waals surface area contributed by atoms with Crippen molar-refractivity contribution in [3.63, 3.8) is 0 Å². The van der Waals surface area contributed by atoms with E-state index in [9.17, 15) is 4.79 Å². The summed E-state index contributed by atoms with van der Waals surface area (Å²) in [5.41, 5.74) is 0. The van der Waals surface area contributed by atoms with Gasteiger partial charge in [0.05, 0.1) is 20.1 Å². The molecule has 0 spiro atoms. The van der Waals surface area contributed by atoms with Gasteiger partial charge < -0.3 is 19.1 Å². The zero-order chi connectivity index (χ0) is 17.3. The highest BCUT2D eigenvalue weighted by Gasteiger charge is 2.57. The van der Waals surface area contributed by atoms with Crippen molar-refractivity contribution in [2.75, 3.05) is 27.3 Å². The molecule has 1 unspecified atom stereocenters. The second-order valence-corrected chi connectivity index (χ2v) is 7.69. The summed E-state index contributed by atoms with van der Waals surface area (Å²) in [6.07, 6.45) is 2.05. The van der Waals surface area contributed by atoms with Crippen LogP contribution in [0.25, 0.3) is 0 Å². The lowest BCUT2D eigenvalue weighted by Gasteiger charge is -2.33. The van der Waals surface area contributed by atoms with Crippen LogP contribution in [0.1, 0.15) is 19.3 Å². The highest BCUT2D eigenvalue weighted by atomic mass is 35.5. The van der Waals surface area contributed by atoms with E-state index in [1.165, 1.54) is 0 Å². The number of carbonyl (C=O) groups is 1. The molecule has 1 amide bonds. The number of methoxy groups -OCH3 is 2. The first-order valence-electron chi connectivity index (χ1n) is 8.00. The molecule has 1 aliphatic heterocycles. The molecule has 1 saturated carbocycles. The minimum atomic E-state index is -0.866. The third kappa shape index (κ3) is 3.52. The zero-order valence-corrected chi connectivity index (χ0v) is 15.3. The van der Waals surface area contributed by atoms with Crippen molar-refractivity contribution in [2.45, 2.75) is 29.7 Å². The summed E-state index contributed by atoms with van der Waals surface area (Å²) < 4.78 is 15.9. The molecular formula is C17H21Cl2NO4. The molecule has 132 valence electrons. The van der Waals surface area contributed by atoms with Crippen LogP contribution in [0.2, 0.25) is 0 Å². The van der Waals surface area contributed by atoms with Crippen LogP contribution in [-0.4, -0.2) is 48.6 Å². The second-order valence-electron chi connectivity index (χ2n) is 6.15. The first-order chi connectivity index (χ1) is 11.5. The summed E-state index contributed by atoms with van der Waals surface area (Å²) in [5, 5.41) is 0. The van der Waals surface area contributed by atoms with Crippen molar-refractivity contribution in [1.29, 1.82) is 0 Å². The topological polar surface area (TPSA) is 48.0 Å². The average Bonchev–Trinajstić information content (AvgIpc) is 3.23. The number of nitrogens with zero attached hydrogens (tertiary/aromatic N) is 1. The lowest BCUT2D eigenvalue weighted by molar-refractivity contribution is -0.134. The average molecular weight is 374 g/mol. The summed E-state index contributed by atoms with van der Waals surface area (Å²) in [4.78, 5) is 14.1. The lowest BCUT2D eigenvalue weighted by atomic mass is 10.1. The zero-order valence-electron chi connectivity index (χ0n) is 13.8. The predicted octanol–water partition coefficient (Wildman–Crippen LogP) is 3.27. The molecule has 24 heavy (non-hydrogen) atoms. The van der Waals surface area contributed by atoms with E-state index in [0.717, 1.165) is 12.8 Å². The summed E-state index contributed by atoms with van der Waals surface area (Å²) in [6.45, 7) is 1.28. The number of rotatable bonds is 5. The quantitative estimate of drug-likeness (QED) is 0.743. The maximum atomic E-state index is 12.3. The van der Waals surface area contributed by atoms with E-state index in [2.05, 4.69) is 0 Å². The molecule has 1 atom stereocenters. The number of halogens is 2. The third-order valence-electron chi connectivity index (χ3n) is 4.54. The molecule has 7 heteroatoms. The number of para-hydroxylation sites is 1. The van der Waals surface area contributed by atoms with Crippen molar-refractivity contribution in [1.82, 2.24) is 4.90 Å². The predicted molar refractivity (Wildman–Crippen MR) is 92.3 cm³/mol. The largest absolute Gasteiger partial charge is 0.493 e. The normalized spacial score (nSPS) is 22.8. The number of likely N-dealkylation sites (tertiary alicyclic amines) is 1. The Bertz CT molecular complexity index is 592. The highest BCUT2D eigenvalue weighted by Crippen LogP contribution is 2.54. The Morgan fingerprint density at radius 3 is 2.17 bits per heavy atom. The molecule has 0 radical (unpaired) electrons. The van der Waals surface area contributed by atoms with Crippen molar-refractivity contribution < 1.29 is 19.0 Å². The Labute approximate surface area is 151 Å². The van der Waals surface area contributed by atoms with Crippen LogP contribution >= 0.6 is 23.2 Å². The molecule has 1 saturated heterocycles. The van der Waals surface area contributed by atoms with Gasteiger partial charge in [-0.3, -0.25) is 4.79 Å². The van der Waals surface area contributed by atoms with Crippen molar-refractivity contribution in [2.24, 2.45) is 5.92 Å². The van der Waals surface area contributed by atoms with Crippen molar-refractivity contribution in [3.8, 4) is 17.2 Å².